The second-order valence-corrected chi connectivity index (χ2v) is 17.2. The first-order chi connectivity index (χ1) is 32.7. The molecule has 0 spiro atoms. The molecule has 2 heterocycles. The van der Waals surface area contributed by atoms with Crippen LogP contribution in [0.25, 0.3) is 63.3 Å². The number of benzene rings is 8. The SMILES string of the molecule is C/C=C(\C=C/Cc1ccccc1)N1c2ccc(C3=CCCC=C3)cc2C=Cc2cc(-c3ccc4c(c3)C=Cc3ccccc3N4c3cc(-c4ccccc4)cc(-c4ccccc4)c3)ccc21. The lowest BCUT2D eigenvalue weighted by Gasteiger charge is -2.29. The summed E-state index contributed by atoms with van der Waals surface area (Å²) in [7, 11) is 0. The molecule has 8 aromatic rings. The highest BCUT2D eigenvalue weighted by Crippen LogP contribution is 2.47. The fourth-order valence-corrected chi connectivity index (χ4v) is 9.61. The Morgan fingerprint density at radius 1 is 0.439 bits per heavy atom. The Morgan fingerprint density at radius 3 is 1.59 bits per heavy atom. The van der Waals surface area contributed by atoms with Crippen LogP contribution >= 0.6 is 0 Å². The highest BCUT2D eigenvalue weighted by molar-refractivity contribution is 5.97. The van der Waals surface area contributed by atoms with Gasteiger partial charge in [-0.3, -0.25) is 0 Å². The van der Waals surface area contributed by atoms with Crippen molar-refractivity contribution in [3.63, 3.8) is 0 Å². The zero-order chi connectivity index (χ0) is 44.2. The number of hydrogen-bond acceptors (Lipinski definition) is 2. The molecule has 0 saturated heterocycles. The van der Waals surface area contributed by atoms with Crippen LogP contribution in [0.1, 0.15) is 53.1 Å². The Balaban J connectivity index is 1.01. The second-order valence-electron chi connectivity index (χ2n) is 17.2. The molecule has 0 atom stereocenters. The quantitative estimate of drug-likeness (QED) is 0.134. The molecule has 0 saturated carbocycles. The van der Waals surface area contributed by atoms with Gasteiger partial charge in [0.1, 0.15) is 0 Å². The van der Waals surface area contributed by atoms with E-state index in [0.717, 1.165) is 53.3 Å². The maximum absolute atomic E-state index is 2.44. The normalized spacial score (nSPS) is 14.0. The van der Waals surface area contributed by atoms with Gasteiger partial charge in [0.25, 0.3) is 0 Å². The van der Waals surface area contributed by atoms with E-state index in [4.69, 9.17) is 0 Å². The van der Waals surface area contributed by atoms with E-state index in [1.54, 1.807) is 0 Å². The number of nitrogens with zero attached hydrogens (tertiary/aromatic N) is 2. The molecule has 316 valence electrons. The number of anilines is 5. The molecule has 0 radical (unpaired) electrons. The molecule has 66 heavy (non-hydrogen) atoms. The summed E-state index contributed by atoms with van der Waals surface area (Å²) in [5.74, 6) is 0. The molecule has 2 heteroatoms. The van der Waals surface area contributed by atoms with Crippen LogP contribution in [0.2, 0.25) is 0 Å². The lowest BCUT2D eigenvalue weighted by Crippen LogP contribution is -2.17. The predicted molar refractivity (Wildman–Crippen MR) is 283 cm³/mol. The minimum atomic E-state index is 0.865. The lowest BCUT2D eigenvalue weighted by molar-refractivity contribution is 1.04. The maximum atomic E-state index is 2.44. The van der Waals surface area contributed by atoms with Gasteiger partial charge < -0.3 is 9.80 Å². The molecule has 8 aromatic carbocycles. The molecule has 0 aromatic heterocycles. The van der Waals surface area contributed by atoms with Gasteiger partial charge in [0.2, 0.25) is 0 Å². The third-order valence-corrected chi connectivity index (χ3v) is 13.0. The average Bonchev–Trinajstić information content (AvgIpc) is 3.66. The van der Waals surface area contributed by atoms with E-state index in [0.29, 0.717) is 0 Å². The van der Waals surface area contributed by atoms with Gasteiger partial charge in [0.15, 0.2) is 0 Å². The lowest BCUT2D eigenvalue weighted by atomic mass is 9.96. The Morgan fingerprint density at radius 2 is 0.970 bits per heavy atom. The molecule has 2 nitrogen and oxygen atoms in total. The summed E-state index contributed by atoms with van der Waals surface area (Å²) in [6, 6.07) is 68.7. The monoisotopic (exact) mass is 846 g/mol. The summed E-state index contributed by atoms with van der Waals surface area (Å²) < 4.78 is 0. The van der Waals surface area contributed by atoms with Crippen molar-refractivity contribution in [1.82, 2.24) is 0 Å². The molecular formula is C64H50N2. The first-order valence-electron chi connectivity index (χ1n) is 23.1. The minimum Gasteiger partial charge on any atom is -0.310 e. The van der Waals surface area contributed by atoms with Crippen molar-refractivity contribution < 1.29 is 0 Å². The van der Waals surface area contributed by atoms with Gasteiger partial charge in [-0.2, -0.15) is 0 Å². The molecule has 0 amide bonds. The number of para-hydroxylation sites is 1. The van der Waals surface area contributed by atoms with E-state index in [9.17, 15) is 0 Å². The summed E-state index contributed by atoms with van der Waals surface area (Å²) in [4.78, 5) is 4.88. The molecule has 0 unspecified atom stereocenters. The van der Waals surface area contributed by atoms with Crippen LogP contribution < -0.4 is 9.80 Å². The Labute approximate surface area is 389 Å². The Kier molecular flexibility index (Phi) is 11.1. The Hall–Kier alpha value is -8.20. The summed E-state index contributed by atoms with van der Waals surface area (Å²) in [5, 5.41) is 0. The number of hydrogen-bond donors (Lipinski definition) is 0. The second kappa shape index (κ2) is 18.1. The molecular weight excluding hydrogens is 797 g/mol. The third kappa shape index (κ3) is 8.10. The summed E-state index contributed by atoms with van der Waals surface area (Å²) in [5.41, 5.74) is 22.5. The smallest absolute Gasteiger partial charge is 0.0534 e. The van der Waals surface area contributed by atoms with Crippen LogP contribution in [0, 0.1) is 0 Å². The van der Waals surface area contributed by atoms with Gasteiger partial charge in [-0.25, -0.2) is 0 Å². The molecule has 3 aliphatic rings. The van der Waals surface area contributed by atoms with E-state index >= 15 is 0 Å². The van der Waals surface area contributed by atoms with Crippen molar-refractivity contribution >= 4 is 58.3 Å². The molecule has 0 fully saturated rings. The van der Waals surface area contributed by atoms with Crippen molar-refractivity contribution in [2.45, 2.75) is 26.2 Å². The van der Waals surface area contributed by atoms with Crippen LogP contribution in [0.4, 0.5) is 28.4 Å². The molecule has 0 N–H and O–H groups in total. The largest absolute Gasteiger partial charge is 0.310 e. The summed E-state index contributed by atoms with van der Waals surface area (Å²) in [6.45, 7) is 2.14. The minimum absolute atomic E-state index is 0.865. The highest BCUT2D eigenvalue weighted by atomic mass is 15.2. The molecule has 1 aliphatic carbocycles. The van der Waals surface area contributed by atoms with Crippen LogP contribution in [-0.2, 0) is 6.42 Å². The van der Waals surface area contributed by atoms with Crippen molar-refractivity contribution in [3.8, 4) is 33.4 Å². The van der Waals surface area contributed by atoms with E-state index < -0.39 is 0 Å². The summed E-state index contributed by atoms with van der Waals surface area (Å²) in [6.07, 6.45) is 25.9. The Bertz CT molecular complexity index is 3210. The number of allylic oxidation sites excluding steroid dienone is 7. The van der Waals surface area contributed by atoms with Crippen LogP contribution in [0.15, 0.2) is 230 Å². The molecule has 2 aliphatic heterocycles. The fourth-order valence-electron chi connectivity index (χ4n) is 9.61. The van der Waals surface area contributed by atoms with Gasteiger partial charge >= 0.3 is 0 Å². The van der Waals surface area contributed by atoms with E-state index in [-0.39, 0.29) is 0 Å². The van der Waals surface area contributed by atoms with Gasteiger partial charge in [0, 0.05) is 11.4 Å². The molecule has 0 bridgehead atoms. The van der Waals surface area contributed by atoms with Gasteiger partial charge in [-0.15, -0.1) is 0 Å². The average molecular weight is 847 g/mol. The maximum Gasteiger partial charge on any atom is 0.0534 e. The zero-order valence-corrected chi connectivity index (χ0v) is 37.2. The van der Waals surface area contributed by atoms with Crippen LogP contribution in [0.3, 0.4) is 0 Å². The summed E-state index contributed by atoms with van der Waals surface area (Å²) >= 11 is 0. The number of rotatable bonds is 9. The van der Waals surface area contributed by atoms with Crippen molar-refractivity contribution in [1.29, 1.82) is 0 Å². The van der Waals surface area contributed by atoms with E-state index in [1.807, 2.05) is 0 Å². The van der Waals surface area contributed by atoms with Crippen LogP contribution in [-0.4, -0.2) is 0 Å². The van der Waals surface area contributed by atoms with Gasteiger partial charge in [-0.1, -0.05) is 182 Å². The number of fused-ring (bicyclic) bond motifs is 4. The highest BCUT2D eigenvalue weighted by Gasteiger charge is 2.24. The zero-order valence-electron chi connectivity index (χ0n) is 37.2. The van der Waals surface area contributed by atoms with Crippen molar-refractivity contribution in [3.05, 3.63) is 264 Å². The van der Waals surface area contributed by atoms with Crippen LogP contribution in [0.5, 0.6) is 0 Å². The molecule has 11 rings (SSSR count). The standard InChI is InChI=1S/C64H50N2/c1-2-59(28-17-20-46-18-7-3-8-19-46)65-62-37-34-51(47-21-9-4-10-22-47)40-55(62)32-33-56-42-52(35-38-63(56)65)53-36-39-64-54(41-53)31-30-50-27-15-16-29-61(50)66(64)60-44-57(48-23-11-5-12-24-48)43-58(45-60)49-25-13-6-14-26-49/h2-3,5-9,11-19,21-45H,4,10,20H2,1H3/b28-17-,59-2+. The van der Waals surface area contributed by atoms with E-state index in [2.05, 4.69) is 266 Å². The van der Waals surface area contributed by atoms with E-state index in [1.165, 1.54) is 72.5 Å². The van der Waals surface area contributed by atoms with Gasteiger partial charge in [0.05, 0.1) is 22.7 Å². The van der Waals surface area contributed by atoms with Crippen molar-refractivity contribution in [2.75, 3.05) is 9.80 Å². The van der Waals surface area contributed by atoms with Crippen molar-refractivity contribution in [2.24, 2.45) is 0 Å². The predicted octanol–water partition coefficient (Wildman–Crippen LogP) is 17.7. The third-order valence-electron chi connectivity index (χ3n) is 13.0. The fraction of sp³-hybridized carbons (Fsp3) is 0.0625. The first-order valence-corrected chi connectivity index (χ1v) is 23.1. The first kappa shape index (κ1) is 40.6. The van der Waals surface area contributed by atoms with Gasteiger partial charge in [-0.05, 0) is 165 Å². The topological polar surface area (TPSA) is 6.48 Å².